The predicted octanol–water partition coefficient (Wildman–Crippen LogP) is 4.10. The van der Waals surface area contributed by atoms with Gasteiger partial charge < -0.3 is 19.7 Å². The number of ether oxygens (including phenoxy) is 2. The van der Waals surface area contributed by atoms with Crippen LogP contribution in [0.3, 0.4) is 0 Å². The van der Waals surface area contributed by atoms with Crippen LogP contribution in [0.2, 0.25) is 0 Å². The third kappa shape index (κ3) is 6.55. The highest BCUT2D eigenvalue weighted by Gasteiger charge is 2.31. The average Bonchev–Trinajstić information content (AvgIpc) is 2.71. The van der Waals surface area contributed by atoms with Crippen molar-refractivity contribution in [3.8, 4) is 5.75 Å². The number of halogens is 3. The van der Waals surface area contributed by atoms with Crippen LogP contribution in [-0.4, -0.2) is 47.0 Å². The highest BCUT2D eigenvalue weighted by atomic mass is 19.4. The average molecular weight is 438 g/mol. The molecule has 0 unspecified atom stereocenters. The summed E-state index contributed by atoms with van der Waals surface area (Å²) < 4.78 is 47.5. The van der Waals surface area contributed by atoms with Crippen molar-refractivity contribution >= 4 is 11.9 Å². The van der Waals surface area contributed by atoms with Crippen molar-refractivity contribution in [1.82, 2.24) is 14.9 Å². The van der Waals surface area contributed by atoms with Gasteiger partial charge in [-0.3, -0.25) is 4.79 Å². The molecule has 1 aromatic heterocycles. The number of amides is 1. The van der Waals surface area contributed by atoms with E-state index in [1.165, 1.54) is 24.5 Å². The summed E-state index contributed by atoms with van der Waals surface area (Å²) >= 11 is 0. The molecule has 0 spiro atoms. The van der Waals surface area contributed by atoms with E-state index in [1.54, 1.807) is 4.90 Å². The molecule has 168 valence electrons. The van der Waals surface area contributed by atoms with Crippen LogP contribution in [-0.2, 0) is 16.7 Å². The van der Waals surface area contributed by atoms with E-state index in [2.05, 4.69) is 20.0 Å². The van der Waals surface area contributed by atoms with Crippen molar-refractivity contribution in [2.24, 2.45) is 0 Å². The summed E-state index contributed by atoms with van der Waals surface area (Å²) in [4.78, 5) is 22.3. The third-order valence-corrected chi connectivity index (χ3v) is 4.67. The van der Waals surface area contributed by atoms with Crippen LogP contribution in [0, 0.1) is 0 Å². The van der Waals surface area contributed by atoms with Crippen molar-refractivity contribution < 1.29 is 27.4 Å². The van der Waals surface area contributed by atoms with E-state index in [9.17, 15) is 18.0 Å². The number of nitrogens with zero attached hydrogens (tertiary/aromatic N) is 3. The molecule has 0 bridgehead atoms. The number of alkyl halides is 3. The Labute approximate surface area is 178 Å². The minimum Gasteiger partial charge on any atom is -0.406 e. The van der Waals surface area contributed by atoms with E-state index in [4.69, 9.17) is 4.74 Å². The Balaban J connectivity index is 1.69. The molecule has 7 nitrogen and oxygen atoms in total. The van der Waals surface area contributed by atoms with Crippen molar-refractivity contribution in [3.05, 3.63) is 47.3 Å². The van der Waals surface area contributed by atoms with Crippen molar-refractivity contribution in [2.45, 2.75) is 45.5 Å². The molecule has 1 aliphatic rings. The number of nitrogens with one attached hydrogen (secondary N) is 1. The minimum atomic E-state index is -4.77. The lowest BCUT2D eigenvalue weighted by Crippen LogP contribution is -2.38. The normalized spacial score (nSPS) is 15.0. The molecule has 1 fully saturated rings. The summed E-state index contributed by atoms with van der Waals surface area (Å²) in [5.41, 5.74) is 1.26. The first kappa shape index (κ1) is 22.8. The van der Waals surface area contributed by atoms with Gasteiger partial charge in [0.2, 0.25) is 5.95 Å². The van der Waals surface area contributed by atoms with Gasteiger partial charge in [-0.1, -0.05) is 26.8 Å². The number of rotatable bonds is 5. The topological polar surface area (TPSA) is 76.6 Å². The summed E-state index contributed by atoms with van der Waals surface area (Å²) in [5.74, 6) is -0.230. The zero-order chi connectivity index (χ0) is 22.6. The molecule has 1 N–H and O–H groups in total. The van der Waals surface area contributed by atoms with Crippen LogP contribution in [0.25, 0.3) is 0 Å². The first-order chi connectivity index (χ1) is 14.5. The van der Waals surface area contributed by atoms with Gasteiger partial charge in [0.1, 0.15) is 12.5 Å². The van der Waals surface area contributed by atoms with Crippen LogP contribution in [0.4, 0.5) is 19.1 Å². The fourth-order valence-electron chi connectivity index (χ4n) is 3.04. The van der Waals surface area contributed by atoms with E-state index in [0.717, 1.165) is 6.42 Å². The number of carbonyl (C=O) groups is 1. The number of hydrogen-bond acceptors (Lipinski definition) is 6. The number of anilines is 1. The second-order valence-electron chi connectivity index (χ2n) is 8.27. The minimum absolute atomic E-state index is 0.186. The fourth-order valence-corrected chi connectivity index (χ4v) is 3.04. The smallest absolute Gasteiger partial charge is 0.406 e. The van der Waals surface area contributed by atoms with E-state index in [1.807, 2.05) is 26.8 Å². The maximum absolute atomic E-state index is 12.7. The van der Waals surface area contributed by atoms with Gasteiger partial charge in [-0.15, -0.1) is 13.2 Å². The van der Waals surface area contributed by atoms with Crippen LogP contribution in [0.15, 0.2) is 30.6 Å². The summed E-state index contributed by atoms with van der Waals surface area (Å²) in [6.45, 7) is 7.40. The van der Waals surface area contributed by atoms with Gasteiger partial charge in [-0.25, -0.2) is 9.97 Å². The maximum atomic E-state index is 12.7. The number of aromatic nitrogens is 2. The van der Waals surface area contributed by atoms with Crippen molar-refractivity contribution in [1.29, 1.82) is 0 Å². The lowest BCUT2D eigenvalue weighted by atomic mass is 9.86. The summed E-state index contributed by atoms with van der Waals surface area (Å²) in [6, 6.07) is 4.52. The van der Waals surface area contributed by atoms with Crippen molar-refractivity contribution in [3.63, 3.8) is 0 Å². The molecule has 1 saturated heterocycles. The molecule has 1 aromatic carbocycles. The van der Waals surface area contributed by atoms with Gasteiger partial charge >= 0.3 is 6.36 Å². The van der Waals surface area contributed by atoms with Crippen LogP contribution < -0.4 is 10.1 Å². The largest absolute Gasteiger partial charge is 0.573 e. The Kier molecular flexibility index (Phi) is 6.68. The quantitative estimate of drug-likeness (QED) is 0.757. The van der Waals surface area contributed by atoms with Gasteiger partial charge in [0, 0.05) is 25.5 Å². The molecule has 1 aliphatic heterocycles. The molecule has 0 aliphatic carbocycles. The Hall–Kier alpha value is -2.88. The fraction of sp³-hybridized carbons (Fsp3) is 0.476. The Morgan fingerprint density at radius 2 is 1.90 bits per heavy atom. The Morgan fingerprint density at radius 1 is 1.19 bits per heavy atom. The highest BCUT2D eigenvalue weighted by Crippen LogP contribution is 2.31. The van der Waals surface area contributed by atoms with Gasteiger partial charge in [-0.05, 0) is 35.1 Å². The first-order valence-electron chi connectivity index (χ1n) is 9.84. The van der Waals surface area contributed by atoms with Gasteiger partial charge in [0.15, 0.2) is 0 Å². The molecular weight excluding hydrogens is 413 g/mol. The summed E-state index contributed by atoms with van der Waals surface area (Å²) in [5, 5.41) is 2.97. The summed E-state index contributed by atoms with van der Waals surface area (Å²) in [6.07, 6.45) is -1.17. The number of hydrogen-bond donors (Lipinski definition) is 1. The van der Waals surface area contributed by atoms with Crippen LogP contribution in [0.5, 0.6) is 5.75 Å². The zero-order valence-corrected chi connectivity index (χ0v) is 17.6. The number of carbonyl (C=O) groups excluding carboxylic acids is 1. The second kappa shape index (κ2) is 9.09. The molecule has 2 aromatic rings. The molecule has 2 heterocycles. The molecule has 0 radical (unpaired) electrons. The van der Waals surface area contributed by atoms with Gasteiger partial charge in [0.25, 0.3) is 5.91 Å². The third-order valence-electron chi connectivity index (χ3n) is 4.67. The molecule has 1 amide bonds. The Morgan fingerprint density at radius 3 is 2.48 bits per heavy atom. The Bertz CT molecular complexity index is 906. The van der Waals surface area contributed by atoms with E-state index in [-0.39, 0.29) is 36.3 Å². The predicted molar refractivity (Wildman–Crippen MR) is 108 cm³/mol. The van der Waals surface area contributed by atoms with Crippen molar-refractivity contribution in [2.75, 3.05) is 25.2 Å². The number of benzene rings is 1. The van der Waals surface area contributed by atoms with E-state index < -0.39 is 6.36 Å². The molecular formula is C21H25F3N4O3. The lowest BCUT2D eigenvalue weighted by Gasteiger charge is -2.26. The molecule has 0 saturated carbocycles. The summed E-state index contributed by atoms with van der Waals surface area (Å²) in [7, 11) is 0. The van der Waals surface area contributed by atoms with Gasteiger partial charge in [-0.2, -0.15) is 0 Å². The standard InChI is InChI=1S/C21H25F3N4O3/c1-20(2,3)16-7-14(8-17(9-16)31-21(22,23)24)10-25-19-26-11-15(12-27-19)18(29)28-5-4-6-30-13-28/h7-9,11-12H,4-6,10,13H2,1-3H3,(H,25,26,27). The SMILES string of the molecule is CC(C)(C)c1cc(CNc2ncc(C(=O)N3CCCOC3)cn2)cc(OC(F)(F)F)c1. The van der Waals surface area contributed by atoms with Crippen LogP contribution >= 0.6 is 0 Å². The molecule has 0 atom stereocenters. The second-order valence-corrected chi connectivity index (χ2v) is 8.27. The monoisotopic (exact) mass is 438 g/mol. The maximum Gasteiger partial charge on any atom is 0.573 e. The van der Waals surface area contributed by atoms with E-state index >= 15 is 0 Å². The highest BCUT2D eigenvalue weighted by molar-refractivity contribution is 5.93. The molecule has 3 rings (SSSR count). The van der Waals surface area contributed by atoms with Crippen LogP contribution in [0.1, 0.15) is 48.7 Å². The van der Waals surface area contributed by atoms with Gasteiger partial charge in [0.05, 0.1) is 12.2 Å². The first-order valence-corrected chi connectivity index (χ1v) is 9.84. The molecule has 31 heavy (non-hydrogen) atoms. The van der Waals surface area contributed by atoms with E-state index in [0.29, 0.717) is 29.8 Å². The zero-order valence-electron chi connectivity index (χ0n) is 17.6. The molecule has 10 heteroatoms. The lowest BCUT2D eigenvalue weighted by molar-refractivity contribution is -0.274.